The van der Waals surface area contributed by atoms with Gasteiger partial charge in [-0.3, -0.25) is 9.59 Å². The van der Waals surface area contributed by atoms with Gasteiger partial charge in [-0.2, -0.15) is 0 Å². The fourth-order valence-electron chi connectivity index (χ4n) is 4.08. The van der Waals surface area contributed by atoms with Crippen LogP contribution in [0.2, 0.25) is 0 Å². The van der Waals surface area contributed by atoms with E-state index in [1.807, 2.05) is 36.1 Å². The van der Waals surface area contributed by atoms with Crippen molar-refractivity contribution < 1.29 is 14.0 Å². The second-order valence-corrected chi connectivity index (χ2v) is 8.45. The van der Waals surface area contributed by atoms with Crippen molar-refractivity contribution >= 4 is 17.5 Å². The van der Waals surface area contributed by atoms with Crippen LogP contribution in [0.4, 0.5) is 10.1 Å². The van der Waals surface area contributed by atoms with Crippen molar-refractivity contribution in [1.82, 2.24) is 14.9 Å². The number of piperidine rings is 1. The minimum atomic E-state index is -0.370. The maximum Gasteiger partial charge on any atom is 0.259 e. The normalized spacial score (nSPS) is 15.8. The molecule has 1 aliphatic rings. The van der Waals surface area contributed by atoms with Gasteiger partial charge in [-0.25, -0.2) is 14.4 Å². The fraction of sp³-hybridized carbons (Fsp3) is 0.308. The molecule has 4 rings (SSSR count). The maximum atomic E-state index is 13.1. The highest BCUT2D eigenvalue weighted by atomic mass is 19.1. The third kappa shape index (κ3) is 5.42. The Morgan fingerprint density at radius 1 is 1.06 bits per heavy atom. The number of carbonyl (C=O) groups is 2. The summed E-state index contributed by atoms with van der Waals surface area (Å²) in [4.78, 5) is 36.7. The minimum absolute atomic E-state index is 0.0583. The monoisotopic (exact) mass is 446 g/mol. The molecule has 1 atom stereocenters. The average Bonchev–Trinajstić information content (AvgIpc) is 2.82. The van der Waals surface area contributed by atoms with Crippen LogP contribution in [0.1, 0.15) is 58.3 Å². The zero-order valence-electron chi connectivity index (χ0n) is 18.8. The number of anilines is 1. The summed E-state index contributed by atoms with van der Waals surface area (Å²) in [5.41, 5.74) is 3.52. The van der Waals surface area contributed by atoms with Gasteiger partial charge in [0.15, 0.2) is 5.82 Å². The van der Waals surface area contributed by atoms with E-state index >= 15 is 0 Å². The number of aryl methyl sites for hydroxylation is 2. The molecule has 0 saturated carbocycles. The third-order valence-electron chi connectivity index (χ3n) is 5.94. The predicted molar refractivity (Wildman–Crippen MR) is 124 cm³/mol. The average molecular weight is 447 g/mol. The minimum Gasteiger partial charge on any atom is -0.332 e. The number of hydrogen-bond acceptors (Lipinski definition) is 4. The number of halogens is 1. The lowest BCUT2D eigenvalue weighted by Gasteiger charge is -2.35. The summed E-state index contributed by atoms with van der Waals surface area (Å²) in [6.07, 6.45) is 4.59. The van der Waals surface area contributed by atoms with Gasteiger partial charge in [0, 0.05) is 18.4 Å². The number of benzene rings is 2. The number of hydrogen-bond donors (Lipinski definition) is 1. The summed E-state index contributed by atoms with van der Waals surface area (Å²) >= 11 is 0. The Balaban J connectivity index is 1.49. The smallest absolute Gasteiger partial charge is 0.259 e. The van der Waals surface area contributed by atoms with E-state index in [2.05, 4.69) is 15.3 Å². The summed E-state index contributed by atoms with van der Waals surface area (Å²) in [5.74, 6) is -0.113. The number of likely N-dealkylation sites (tertiary alicyclic amines) is 1. The maximum absolute atomic E-state index is 13.1. The van der Waals surface area contributed by atoms with Crippen molar-refractivity contribution in [3.05, 3.63) is 88.8 Å². The molecule has 33 heavy (non-hydrogen) atoms. The molecule has 0 aliphatic carbocycles. The topological polar surface area (TPSA) is 75.2 Å². The third-order valence-corrected chi connectivity index (χ3v) is 5.94. The molecule has 7 heteroatoms. The van der Waals surface area contributed by atoms with Gasteiger partial charge in [0.05, 0.1) is 23.7 Å². The van der Waals surface area contributed by atoms with E-state index in [1.165, 1.54) is 30.5 Å². The number of nitrogens with one attached hydrogen (secondary N) is 1. The van der Waals surface area contributed by atoms with Crippen LogP contribution in [-0.4, -0.2) is 33.2 Å². The van der Waals surface area contributed by atoms with Crippen molar-refractivity contribution in [2.45, 2.75) is 45.6 Å². The van der Waals surface area contributed by atoms with Gasteiger partial charge in [0.2, 0.25) is 5.91 Å². The van der Waals surface area contributed by atoms with Crippen LogP contribution in [0.15, 0.2) is 54.7 Å². The van der Waals surface area contributed by atoms with E-state index in [-0.39, 0.29) is 23.7 Å². The summed E-state index contributed by atoms with van der Waals surface area (Å²) in [6, 6.07) is 13.4. The predicted octanol–water partition coefficient (Wildman–Crippen LogP) is 4.78. The fourth-order valence-corrected chi connectivity index (χ4v) is 4.08. The SMILES string of the molecule is Cc1ccc(CC(=O)N2CCCC[C@H]2c2ncc(C(=O)Nc3ccc(F)cc3)c(C)n2)cc1. The molecule has 1 fully saturated rings. The molecule has 2 heterocycles. The molecule has 1 aliphatic heterocycles. The Kier molecular flexibility index (Phi) is 6.77. The molecule has 1 N–H and O–H groups in total. The first-order valence-electron chi connectivity index (χ1n) is 11.2. The van der Waals surface area contributed by atoms with Gasteiger partial charge < -0.3 is 10.2 Å². The van der Waals surface area contributed by atoms with E-state index in [1.54, 1.807) is 6.92 Å². The molecular weight excluding hydrogens is 419 g/mol. The van der Waals surface area contributed by atoms with Crippen LogP contribution in [0.5, 0.6) is 0 Å². The molecule has 2 amide bonds. The van der Waals surface area contributed by atoms with Crippen LogP contribution >= 0.6 is 0 Å². The number of carbonyl (C=O) groups excluding carboxylic acids is 2. The molecule has 1 aromatic heterocycles. The Morgan fingerprint density at radius 3 is 2.48 bits per heavy atom. The molecule has 1 saturated heterocycles. The Hall–Kier alpha value is -3.61. The molecule has 0 spiro atoms. The van der Waals surface area contributed by atoms with Crippen LogP contribution in [0, 0.1) is 19.7 Å². The van der Waals surface area contributed by atoms with E-state index in [0.717, 1.165) is 30.4 Å². The van der Waals surface area contributed by atoms with Crippen molar-refractivity contribution in [2.75, 3.05) is 11.9 Å². The van der Waals surface area contributed by atoms with Crippen molar-refractivity contribution in [3.8, 4) is 0 Å². The lowest BCUT2D eigenvalue weighted by atomic mass is 9.99. The summed E-state index contributed by atoms with van der Waals surface area (Å²) in [5, 5.41) is 2.73. The quantitative estimate of drug-likeness (QED) is 0.612. The molecule has 0 unspecified atom stereocenters. The number of rotatable bonds is 5. The molecular formula is C26H27FN4O2. The zero-order valence-corrected chi connectivity index (χ0v) is 18.8. The van der Waals surface area contributed by atoms with Gasteiger partial charge >= 0.3 is 0 Å². The van der Waals surface area contributed by atoms with Crippen LogP contribution in [0.3, 0.4) is 0 Å². The first kappa shape index (κ1) is 22.6. The Labute approximate surface area is 192 Å². The van der Waals surface area contributed by atoms with Gasteiger partial charge in [0.25, 0.3) is 5.91 Å². The van der Waals surface area contributed by atoms with Crippen LogP contribution in [0.25, 0.3) is 0 Å². The highest BCUT2D eigenvalue weighted by Crippen LogP contribution is 2.30. The number of amides is 2. The first-order valence-corrected chi connectivity index (χ1v) is 11.2. The van der Waals surface area contributed by atoms with Gasteiger partial charge in [-0.15, -0.1) is 0 Å². The number of nitrogens with zero attached hydrogens (tertiary/aromatic N) is 3. The second kappa shape index (κ2) is 9.90. The first-order chi connectivity index (χ1) is 15.9. The van der Waals surface area contributed by atoms with E-state index in [4.69, 9.17) is 0 Å². The second-order valence-electron chi connectivity index (χ2n) is 8.45. The Morgan fingerprint density at radius 2 is 1.79 bits per heavy atom. The summed E-state index contributed by atoms with van der Waals surface area (Å²) in [7, 11) is 0. The molecule has 0 radical (unpaired) electrons. The summed E-state index contributed by atoms with van der Waals surface area (Å²) < 4.78 is 13.1. The number of aromatic nitrogens is 2. The van der Waals surface area contributed by atoms with Gasteiger partial charge in [-0.1, -0.05) is 29.8 Å². The van der Waals surface area contributed by atoms with Crippen LogP contribution in [-0.2, 0) is 11.2 Å². The van der Waals surface area contributed by atoms with E-state index in [9.17, 15) is 14.0 Å². The molecule has 170 valence electrons. The highest BCUT2D eigenvalue weighted by molar-refractivity contribution is 6.04. The lowest BCUT2D eigenvalue weighted by molar-refractivity contribution is -0.134. The largest absolute Gasteiger partial charge is 0.332 e. The van der Waals surface area contributed by atoms with E-state index in [0.29, 0.717) is 35.7 Å². The van der Waals surface area contributed by atoms with Crippen molar-refractivity contribution in [2.24, 2.45) is 0 Å². The molecule has 6 nitrogen and oxygen atoms in total. The van der Waals surface area contributed by atoms with E-state index < -0.39 is 0 Å². The van der Waals surface area contributed by atoms with Crippen molar-refractivity contribution in [3.63, 3.8) is 0 Å². The van der Waals surface area contributed by atoms with Gasteiger partial charge in [-0.05, 0) is 62.9 Å². The van der Waals surface area contributed by atoms with Gasteiger partial charge in [0.1, 0.15) is 5.82 Å². The zero-order chi connectivity index (χ0) is 23.4. The lowest BCUT2D eigenvalue weighted by Crippen LogP contribution is -2.40. The molecule has 0 bridgehead atoms. The van der Waals surface area contributed by atoms with Crippen LogP contribution < -0.4 is 5.32 Å². The van der Waals surface area contributed by atoms with Crippen molar-refractivity contribution in [1.29, 1.82) is 0 Å². The molecule has 3 aromatic rings. The Bertz CT molecular complexity index is 1150. The molecule has 2 aromatic carbocycles. The summed E-state index contributed by atoms with van der Waals surface area (Å²) in [6.45, 7) is 4.45. The standard InChI is InChI=1S/C26H27FN4O2/c1-17-6-8-19(9-7-17)15-24(32)31-14-4-3-5-23(31)25-28-16-22(18(2)29-25)26(33)30-21-12-10-20(27)11-13-21/h6-13,16,23H,3-5,14-15H2,1-2H3,(H,30,33)/t23-/m0/s1. The highest BCUT2D eigenvalue weighted by Gasteiger charge is 2.30.